The summed E-state index contributed by atoms with van der Waals surface area (Å²) in [6.07, 6.45) is 4.41. The number of nitrogens with zero attached hydrogens (tertiary/aromatic N) is 1. The van der Waals surface area contributed by atoms with E-state index in [0.717, 1.165) is 64.6 Å². The van der Waals surface area contributed by atoms with Crippen molar-refractivity contribution in [3.63, 3.8) is 0 Å². The number of hydrogen-bond donors (Lipinski definition) is 2. The highest BCUT2D eigenvalue weighted by Crippen LogP contribution is 2.24. The lowest BCUT2D eigenvalue weighted by Gasteiger charge is -2.34. The maximum absolute atomic E-state index is 5.72. The second-order valence-electron chi connectivity index (χ2n) is 5.71. The molecule has 1 unspecified atom stereocenters. The summed E-state index contributed by atoms with van der Waals surface area (Å²) in [5.74, 6) is 0.843. The zero-order valence-corrected chi connectivity index (χ0v) is 16.1. The van der Waals surface area contributed by atoms with Crippen LogP contribution in [0.2, 0.25) is 0 Å². The van der Waals surface area contributed by atoms with Gasteiger partial charge in [-0.05, 0) is 19.8 Å². The molecule has 2 N–H and O–H groups in total. The van der Waals surface area contributed by atoms with Gasteiger partial charge in [0.2, 0.25) is 0 Å². The molecular formula is C15H30IN3O3. The van der Waals surface area contributed by atoms with Crippen LogP contribution in [0.4, 0.5) is 0 Å². The van der Waals surface area contributed by atoms with Crippen LogP contribution in [0.25, 0.3) is 0 Å². The first kappa shape index (κ1) is 19.9. The van der Waals surface area contributed by atoms with Crippen molar-refractivity contribution in [3.8, 4) is 0 Å². The summed E-state index contributed by atoms with van der Waals surface area (Å²) in [7, 11) is 1.77. The van der Waals surface area contributed by atoms with E-state index in [4.69, 9.17) is 19.2 Å². The van der Waals surface area contributed by atoms with Crippen molar-refractivity contribution in [2.45, 2.75) is 44.3 Å². The van der Waals surface area contributed by atoms with Gasteiger partial charge in [-0.2, -0.15) is 0 Å². The van der Waals surface area contributed by atoms with Crippen molar-refractivity contribution in [2.75, 3.05) is 46.6 Å². The van der Waals surface area contributed by atoms with Crippen LogP contribution in [0, 0.1) is 0 Å². The molecular weight excluding hydrogens is 397 g/mol. The highest BCUT2D eigenvalue weighted by Gasteiger charge is 2.32. The average molecular weight is 427 g/mol. The van der Waals surface area contributed by atoms with Crippen molar-refractivity contribution in [3.05, 3.63) is 0 Å². The fraction of sp³-hybridized carbons (Fsp3) is 0.933. The van der Waals surface area contributed by atoms with Gasteiger partial charge in [0.1, 0.15) is 0 Å². The minimum Gasteiger partial charge on any atom is -0.381 e. The molecule has 22 heavy (non-hydrogen) atoms. The second-order valence-corrected chi connectivity index (χ2v) is 5.71. The van der Waals surface area contributed by atoms with E-state index in [9.17, 15) is 0 Å². The molecule has 2 aliphatic rings. The first-order valence-corrected chi connectivity index (χ1v) is 8.05. The summed E-state index contributed by atoms with van der Waals surface area (Å²) in [4.78, 5) is 4.70. The Morgan fingerprint density at radius 3 is 2.64 bits per heavy atom. The number of halogens is 1. The van der Waals surface area contributed by atoms with Crippen LogP contribution in [0.3, 0.4) is 0 Å². The largest absolute Gasteiger partial charge is 0.381 e. The Hall–Kier alpha value is -0.120. The van der Waals surface area contributed by atoms with Crippen LogP contribution in [-0.4, -0.2) is 64.2 Å². The van der Waals surface area contributed by atoms with E-state index in [1.165, 1.54) is 0 Å². The van der Waals surface area contributed by atoms with E-state index in [1.54, 1.807) is 7.11 Å². The number of nitrogens with one attached hydrogen (secondary N) is 2. The molecule has 6 nitrogen and oxygen atoms in total. The molecule has 2 heterocycles. The van der Waals surface area contributed by atoms with E-state index in [-0.39, 0.29) is 29.6 Å². The number of rotatable bonds is 6. The van der Waals surface area contributed by atoms with Crippen molar-refractivity contribution in [1.82, 2.24) is 10.6 Å². The molecule has 1 atom stereocenters. The third-order valence-electron chi connectivity index (χ3n) is 4.23. The molecule has 2 fully saturated rings. The first-order valence-electron chi connectivity index (χ1n) is 8.05. The van der Waals surface area contributed by atoms with Crippen molar-refractivity contribution in [1.29, 1.82) is 0 Å². The quantitative estimate of drug-likeness (QED) is 0.383. The van der Waals surface area contributed by atoms with Crippen molar-refractivity contribution < 1.29 is 14.2 Å². The molecule has 0 saturated carbocycles. The van der Waals surface area contributed by atoms with E-state index in [1.807, 2.05) is 0 Å². The Kier molecular flexibility index (Phi) is 9.62. The van der Waals surface area contributed by atoms with Crippen LogP contribution in [0.5, 0.6) is 0 Å². The fourth-order valence-electron chi connectivity index (χ4n) is 2.75. The van der Waals surface area contributed by atoms with E-state index in [2.05, 4.69) is 17.6 Å². The summed E-state index contributed by atoms with van der Waals surface area (Å²) in [6.45, 7) is 6.78. The van der Waals surface area contributed by atoms with Gasteiger partial charge in [-0.25, -0.2) is 0 Å². The Bertz CT molecular complexity index is 330. The minimum atomic E-state index is -0.176. The van der Waals surface area contributed by atoms with Gasteiger partial charge in [0.15, 0.2) is 5.96 Å². The molecule has 7 heteroatoms. The molecule has 0 aromatic carbocycles. The maximum Gasteiger partial charge on any atom is 0.191 e. The highest BCUT2D eigenvalue weighted by atomic mass is 127. The molecule has 2 aliphatic heterocycles. The Morgan fingerprint density at radius 2 is 2.05 bits per heavy atom. The van der Waals surface area contributed by atoms with E-state index >= 15 is 0 Å². The van der Waals surface area contributed by atoms with Gasteiger partial charge in [-0.15, -0.1) is 24.0 Å². The van der Waals surface area contributed by atoms with E-state index in [0.29, 0.717) is 12.6 Å². The predicted molar refractivity (Wildman–Crippen MR) is 98.2 cm³/mol. The second kappa shape index (κ2) is 10.6. The Balaban J connectivity index is 0.00000242. The smallest absolute Gasteiger partial charge is 0.191 e. The highest BCUT2D eigenvalue weighted by molar-refractivity contribution is 14.0. The van der Waals surface area contributed by atoms with Gasteiger partial charge in [0.05, 0.1) is 18.2 Å². The lowest BCUT2D eigenvalue weighted by Crippen LogP contribution is -2.45. The van der Waals surface area contributed by atoms with Crippen LogP contribution in [-0.2, 0) is 14.2 Å². The zero-order valence-electron chi connectivity index (χ0n) is 13.7. The van der Waals surface area contributed by atoms with E-state index < -0.39 is 0 Å². The molecule has 130 valence electrons. The normalized spacial score (nSPS) is 24.6. The summed E-state index contributed by atoms with van der Waals surface area (Å²) in [5, 5.41) is 6.65. The summed E-state index contributed by atoms with van der Waals surface area (Å²) in [6, 6.07) is 0. The van der Waals surface area contributed by atoms with Gasteiger partial charge >= 0.3 is 0 Å². The van der Waals surface area contributed by atoms with Crippen molar-refractivity contribution >= 4 is 29.9 Å². The van der Waals surface area contributed by atoms with Crippen LogP contribution >= 0.6 is 24.0 Å². The maximum atomic E-state index is 5.72. The van der Waals surface area contributed by atoms with Gasteiger partial charge in [0, 0.05) is 52.9 Å². The number of ether oxygens (including phenoxy) is 3. The molecule has 0 aromatic rings. The van der Waals surface area contributed by atoms with Crippen molar-refractivity contribution in [2.24, 2.45) is 4.99 Å². The topological polar surface area (TPSA) is 64.1 Å². The molecule has 2 rings (SSSR count). The number of hydrogen-bond acceptors (Lipinski definition) is 4. The van der Waals surface area contributed by atoms with Gasteiger partial charge in [-0.3, -0.25) is 4.99 Å². The SMILES string of the molecule is CCNC(=NCC1(OC)CCOCC1)NCC1CCCO1.I. The monoisotopic (exact) mass is 427 g/mol. The Labute approximate surface area is 150 Å². The van der Waals surface area contributed by atoms with Crippen LogP contribution in [0.1, 0.15) is 32.6 Å². The number of methoxy groups -OCH3 is 1. The lowest BCUT2D eigenvalue weighted by atomic mass is 9.94. The molecule has 0 bridgehead atoms. The molecule has 0 spiro atoms. The third-order valence-corrected chi connectivity index (χ3v) is 4.23. The van der Waals surface area contributed by atoms with Gasteiger partial charge in [-0.1, -0.05) is 0 Å². The number of aliphatic imine (C=N–C) groups is 1. The molecule has 0 radical (unpaired) electrons. The summed E-state index contributed by atoms with van der Waals surface area (Å²) in [5.41, 5.74) is -0.176. The van der Waals surface area contributed by atoms with Gasteiger partial charge in [0.25, 0.3) is 0 Å². The van der Waals surface area contributed by atoms with Crippen LogP contribution < -0.4 is 10.6 Å². The minimum absolute atomic E-state index is 0. The zero-order chi connectivity index (χ0) is 15.0. The number of guanidine groups is 1. The van der Waals surface area contributed by atoms with Gasteiger partial charge < -0.3 is 24.8 Å². The average Bonchev–Trinajstić information content (AvgIpc) is 3.04. The fourth-order valence-corrected chi connectivity index (χ4v) is 2.75. The molecule has 0 aromatic heterocycles. The summed E-state index contributed by atoms with van der Waals surface area (Å²) >= 11 is 0. The Morgan fingerprint density at radius 1 is 1.27 bits per heavy atom. The third kappa shape index (κ3) is 6.17. The molecule has 2 saturated heterocycles. The standard InChI is InChI=1S/C15H29N3O3.HI/c1-3-16-14(17-11-13-5-4-8-21-13)18-12-15(19-2)6-9-20-10-7-15;/h13H,3-12H2,1-2H3,(H2,16,17,18);1H. The first-order chi connectivity index (χ1) is 10.3. The molecule has 0 amide bonds. The predicted octanol–water partition coefficient (Wildman–Crippen LogP) is 1.53. The summed E-state index contributed by atoms with van der Waals surface area (Å²) < 4.78 is 16.8. The molecule has 0 aliphatic carbocycles. The lowest BCUT2D eigenvalue weighted by molar-refractivity contribution is -0.0828. The van der Waals surface area contributed by atoms with Crippen LogP contribution in [0.15, 0.2) is 4.99 Å².